The van der Waals surface area contributed by atoms with Crippen LogP contribution in [-0.2, 0) is 16.6 Å². The van der Waals surface area contributed by atoms with Crippen LogP contribution in [0.15, 0.2) is 71.7 Å². The number of aliphatic imine (C=N–C) groups is 1. The number of benzene rings is 3. The summed E-state index contributed by atoms with van der Waals surface area (Å²) in [6.45, 7) is 4.47. The molecule has 2 aliphatic heterocycles. The molecule has 3 aromatic carbocycles. The van der Waals surface area contributed by atoms with E-state index in [0.29, 0.717) is 44.9 Å². The van der Waals surface area contributed by atoms with Crippen molar-refractivity contribution in [3.63, 3.8) is 0 Å². The number of hydrogen-bond donors (Lipinski definition) is 2. The van der Waals surface area contributed by atoms with Gasteiger partial charge in [0, 0.05) is 25.3 Å². The molecular formula is C36H43F4N5O4S. The maximum Gasteiger partial charge on any atom is 0.516 e. The largest absolute Gasteiger partial charge is 0.516 e. The number of anilines is 2. The van der Waals surface area contributed by atoms with Crippen LogP contribution in [0.25, 0.3) is 11.1 Å². The molecule has 1 aliphatic carbocycles. The lowest BCUT2D eigenvalue weighted by Crippen LogP contribution is -2.57. The minimum atomic E-state index is -5.66. The van der Waals surface area contributed by atoms with Gasteiger partial charge in [0.05, 0.1) is 18.3 Å². The van der Waals surface area contributed by atoms with Crippen molar-refractivity contribution >= 4 is 33.3 Å². The first-order valence-corrected chi connectivity index (χ1v) is 18.0. The third kappa shape index (κ3) is 7.91. The van der Waals surface area contributed by atoms with Gasteiger partial charge in [-0.2, -0.15) is 21.6 Å². The highest BCUT2D eigenvalue weighted by atomic mass is 32.2. The predicted octanol–water partition coefficient (Wildman–Crippen LogP) is 8.08. The number of amidine groups is 1. The molecule has 1 saturated carbocycles. The number of ether oxygens (including phenoxy) is 1. The van der Waals surface area contributed by atoms with Gasteiger partial charge in [-0.05, 0) is 91.8 Å². The van der Waals surface area contributed by atoms with Crippen molar-refractivity contribution in [1.82, 2.24) is 10.2 Å². The summed E-state index contributed by atoms with van der Waals surface area (Å²) in [6.07, 6.45) is 6.19. The number of carbonyl (C=O) groups is 1. The molecule has 3 aliphatic rings. The van der Waals surface area contributed by atoms with Crippen LogP contribution < -0.4 is 19.7 Å². The summed E-state index contributed by atoms with van der Waals surface area (Å²) in [5.41, 5.74) is -4.82. The monoisotopic (exact) mass is 717 g/mol. The third-order valence-corrected chi connectivity index (χ3v) is 10.5. The molecule has 0 bridgehead atoms. The van der Waals surface area contributed by atoms with Crippen LogP contribution in [0.2, 0.25) is 0 Å². The number of likely N-dealkylation sites (tertiary alicyclic amines) is 1. The first kappa shape index (κ1) is 37.1. The Labute approximate surface area is 290 Å². The Balaban J connectivity index is 0.00000486. The van der Waals surface area contributed by atoms with Gasteiger partial charge in [0.15, 0.2) is 0 Å². The summed E-state index contributed by atoms with van der Waals surface area (Å²) >= 11 is 0. The molecule has 0 radical (unpaired) electrons. The van der Waals surface area contributed by atoms with Gasteiger partial charge in [-0.25, -0.2) is 9.18 Å². The molecule has 2 amide bonds. The number of piperidine rings is 1. The molecule has 1 spiro atoms. The van der Waals surface area contributed by atoms with Crippen molar-refractivity contribution in [2.45, 2.75) is 82.9 Å². The fourth-order valence-corrected chi connectivity index (χ4v) is 7.58. The number of alkyl halides is 3. The fourth-order valence-electron chi connectivity index (χ4n) is 7.03. The lowest BCUT2D eigenvalue weighted by atomic mass is 9.84. The summed E-state index contributed by atoms with van der Waals surface area (Å²) in [5, 5.41) is 3.02. The average molecular weight is 718 g/mol. The highest BCUT2D eigenvalue weighted by Crippen LogP contribution is 2.41. The second-order valence-electron chi connectivity index (χ2n) is 12.8. The van der Waals surface area contributed by atoms with Gasteiger partial charge in [-0.1, -0.05) is 51.0 Å². The number of halogens is 4. The van der Waals surface area contributed by atoms with Crippen LogP contribution in [0.5, 0.6) is 5.75 Å². The van der Waals surface area contributed by atoms with Gasteiger partial charge in [-0.3, -0.25) is 24.8 Å². The van der Waals surface area contributed by atoms with E-state index >= 15 is 4.39 Å². The SMILES string of the molecule is C.CCOc1cccc(CN2CCC3(CC2)C(=NC2CCCCC2)NC(=O)N3c2cc(F)cc(-c3cccc(NS(=O)(=O)C(F)(F)F)c3)c2)c1. The topological polar surface area (TPSA) is 103 Å². The van der Waals surface area contributed by atoms with Gasteiger partial charge in [-0.15, -0.1) is 0 Å². The van der Waals surface area contributed by atoms with Gasteiger partial charge in [0.25, 0.3) is 0 Å². The Morgan fingerprint density at radius 1 is 0.980 bits per heavy atom. The van der Waals surface area contributed by atoms with Gasteiger partial charge in [0.1, 0.15) is 22.9 Å². The van der Waals surface area contributed by atoms with E-state index in [1.165, 1.54) is 41.1 Å². The van der Waals surface area contributed by atoms with Crippen LogP contribution in [0.3, 0.4) is 0 Å². The van der Waals surface area contributed by atoms with Crippen LogP contribution >= 0.6 is 0 Å². The predicted molar refractivity (Wildman–Crippen MR) is 187 cm³/mol. The molecule has 0 atom stereocenters. The molecular weight excluding hydrogens is 674 g/mol. The number of carbonyl (C=O) groups excluding carboxylic acids is 1. The van der Waals surface area contributed by atoms with Crippen LogP contribution in [0.1, 0.15) is 64.9 Å². The van der Waals surface area contributed by atoms with Crippen molar-refractivity contribution < 1.29 is 35.5 Å². The Morgan fingerprint density at radius 2 is 1.70 bits per heavy atom. The highest BCUT2D eigenvalue weighted by Gasteiger charge is 2.53. The molecule has 50 heavy (non-hydrogen) atoms. The van der Waals surface area contributed by atoms with Gasteiger partial charge in [0.2, 0.25) is 0 Å². The van der Waals surface area contributed by atoms with E-state index in [4.69, 9.17) is 9.73 Å². The second kappa shape index (κ2) is 15.0. The van der Waals surface area contributed by atoms with Gasteiger partial charge >= 0.3 is 21.6 Å². The standard InChI is InChI=1S/C35H39F4N5O4S.CH4/c1-2-48-31-13-6-8-24(18-31)23-43-16-14-34(15-17-43)32(40-28-10-4-3-5-11-28)41-33(45)44(34)30-21-26(19-27(36)22-30)25-9-7-12-29(20-25)42-49(46,47)35(37,38)39;/h6-9,12-13,18-22,28,42H,2-5,10-11,14-17,23H2,1H3,(H,40,41,45);1H4. The van der Waals surface area contributed by atoms with E-state index in [-0.39, 0.29) is 36.0 Å². The van der Waals surface area contributed by atoms with Crippen molar-refractivity contribution in [3.8, 4) is 16.9 Å². The first-order valence-electron chi connectivity index (χ1n) is 16.5. The van der Waals surface area contributed by atoms with Crippen molar-refractivity contribution in [3.05, 3.63) is 78.1 Å². The minimum Gasteiger partial charge on any atom is -0.494 e. The number of nitrogens with zero attached hydrogens (tertiary/aromatic N) is 3. The number of amides is 2. The molecule has 0 aromatic heterocycles. The number of sulfonamides is 1. The average Bonchev–Trinajstić information content (AvgIpc) is 3.31. The minimum absolute atomic E-state index is 0. The summed E-state index contributed by atoms with van der Waals surface area (Å²) in [5.74, 6) is 0.718. The van der Waals surface area contributed by atoms with E-state index in [0.717, 1.165) is 43.4 Å². The Hall–Kier alpha value is -4.17. The van der Waals surface area contributed by atoms with E-state index in [2.05, 4.69) is 10.2 Å². The van der Waals surface area contributed by atoms with Crippen LogP contribution in [-0.4, -0.2) is 62.0 Å². The maximum atomic E-state index is 15.4. The molecule has 6 rings (SSSR count). The molecule has 2 N–H and O–H groups in total. The third-order valence-electron chi connectivity index (χ3n) is 9.38. The quantitative estimate of drug-likeness (QED) is 0.218. The Morgan fingerprint density at radius 3 is 2.40 bits per heavy atom. The van der Waals surface area contributed by atoms with Crippen LogP contribution in [0, 0.1) is 5.82 Å². The molecule has 2 saturated heterocycles. The zero-order valence-corrected chi connectivity index (χ0v) is 27.9. The van der Waals surface area contributed by atoms with Crippen molar-refractivity contribution in [2.24, 2.45) is 4.99 Å². The first-order chi connectivity index (χ1) is 23.4. The van der Waals surface area contributed by atoms with E-state index in [1.54, 1.807) is 11.0 Å². The molecule has 0 unspecified atom stereocenters. The van der Waals surface area contributed by atoms with E-state index < -0.39 is 32.9 Å². The summed E-state index contributed by atoms with van der Waals surface area (Å²) in [7, 11) is -5.66. The van der Waals surface area contributed by atoms with Gasteiger partial charge < -0.3 is 4.74 Å². The Kier molecular flexibility index (Phi) is 11.1. The Bertz CT molecular complexity index is 1820. The number of hydrogen-bond acceptors (Lipinski definition) is 6. The zero-order chi connectivity index (χ0) is 34.8. The summed E-state index contributed by atoms with van der Waals surface area (Å²) < 4.78 is 85.1. The number of rotatable bonds is 9. The summed E-state index contributed by atoms with van der Waals surface area (Å²) in [6, 6.07) is 16.9. The fraction of sp³-hybridized carbons (Fsp3) is 0.444. The summed E-state index contributed by atoms with van der Waals surface area (Å²) in [4.78, 5) is 22.8. The van der Waals surface area contributed by atoms with Crippen molar-refractivity contribution in [1.29, 1.82) is 0 Å². The molecule has 2 heterocycles. The highest BCUT2D eigenvalue weighted by molar-refractivity contribution is 7.93. The molecule has 9 nitrogen and oxygen atoms in total. The van der Waals surface area contributed by atoms with E-state index in [1.807, 2.05) is 31.2 Å². The smallest absolute Gasteiger partial charge is 0.494 e. The zero-order valence-electron chi connectivity index (χ0n) is 27.1. The lowest BCUT2D eigenvalue weighted by Gasteiger charge is -2.44. The van der Waals surface area contributed by atoms with Crippen molar-refractivity contribution in [2.75, 3.05) is 29.3 Å². The molecule has 3 fully saturated rings. The molecule has 14 heteroatoms. The lowest BCUT2D eigenvalue weighted by molar-refractivity contribution is -0.0429. The second-order valence-corrected chi connectivity index (χ2v) is 14.4. The molecule has 270 valence electrons. The number of urea groups is 1. The van der Waals surface area contributed by atoms with Crippen LogP contribution in [0.4, 0.5) is 33.7 Å². The normalized spacial score (nSPS) is 19.3. The number of nitrogens with one attached hydrogen (secondary N) is 2. The van der Waals surface area contributed by atoms with E-state index in [9.17, 15) is 26.4 Å². The molecule has 3 aromatic rings. The maximum absolute atomic E-state index is 15.4.